The van der Waals surface area contributed by atoms with Gasteiger partial charge in [0.05, 0.1) is 25.4 Å². The molecule has 2 aliphatic heterocycles. The molecule has 0 aromatic heterocycles. The van der Waals surface area contributed by atoms with E-state index in [1.54, 1.807) is 12.1 Å². The molecule has 4 saturated carbocycles. The summed E-state index contributed by atoms with van der Waals surface area (Å²) in [6, 6.07) is 6.01. The Kier molecular flexibility index (Phi) is 12.8. The number of aliphatic hydroxyl groups is 7. The summed E-state index contributed by atoms with van der Waals surface area (Å²) in [6.07, 6.45) is -5.45. The van der Waals surface area contributed by atoms with Crippen molar-refractivity contribution in [1.29, 1.82) is 0 Å². The van der Waals surface area contributed by atoms with Crippen LogP contribution in [-0.4, -0.2) is 134 Å². The molecule has 2 heterocycles. The Morgan fingerprint density at radius 1 is 0.785 bits per heavy atom. The SMILES string of the molecule is CC1(C)CC[C@]2(C(=O)O[C@@H]3OC[C@@H](O)[C@@H](O[C@@H]4O[C@H](CO)[C@@H](O)[C@H](O)[C@H]4O)[C@@H]3OC(=O)/C=C/c3ccc(O)cc3)[C@H](O)C[C@]3(C)C(=CC[C@@H]4[C@@]5(C)CC[C@H](O)C(C)(C)[C@@H]5CC[C@]43C)[C@@H]2C1. The monoisotopic (exact) mass is 912 g/mol. The predicted molar refractivity (Wildman–Crippen MR) is 234 cm³/mol. The molecule has 65 heavy (non-hydrogen) atoms. The summed E-state index contributed by atoms with van der Waals surface area (Å²) < 4.78 is 29.8. The van der Waals surface area contributed by atoms with Crippen LogP contribution in [0.15, 0.2) is 42.0 Å². The van der Waals surface area contributed by atoms with Gasteiger partial charge in [0.15, 0.2) is 12.4 Å². The van der Waals surface area contributed by atoms with Crippen molar-refractivity contribution in [3.63, 3.8) is 0 Å². The van der Waals surface area contributed by atoms with Crippen molar-refractivity contribution >= 4 is 18.0 Å². The molecular formula is C50H72O15. The summed E-state index contributed by atoms with van der Waals surface area (Å²) in [5.74, 6) is -1.46. The van der Waals surface area contributed by atoms with Crippen LogP contribution in [0.5, 0.6) is 5.75 Å². The molecule has 0 radical (unpaired) electrons. The van der Waals surface area contributed by atoms with Gasteiger partial charge in [-0.25, -0.2) is 4.79 Å². The van der Waals surface area contributed by atoms with Gasteiger partial charge >= 0.3 is 11.9 Å². The number of esters is 2. The molecule has 15 nitrogen and oxygen atoms in total. The number of allylic oxidation sites excluding steroid dienone is 2. The second-order valence-electron chi connectivity index (χ2n) is 22.7. The van der Waals surface area contributed by atoms with Gasteiger partial charge in [0.25, 0.3) is 0 Å². The van der Waals surface area contributed by atoms with E-state index in [0.29, 0.717) is 43.1 Å². The molecule has 0 spiro atoms. The average molecular weight is 913 g/mol. The van der Waals surface area contributed by atoms with E-state index in [4.69, 9.17) is 23.7 Å². The highest BCUT2D eigenvalue weighted by Crippen LogP contribution is 2.76. The Labute approximate surface area is 381 Å². The number of ether oxygens (including phenoxy) is 5. The second-order valence-corrected chi connectivity index (χ2v) is 22.7. The standard InChI is InChI=1S/C50H72O15/c1-45(2)20-21-50(29(22-45)28-13-14-33-47(5)18-17-34(54)46(3,4)32(47)16-19-48(33,6)49(28,7)23-35(50)55)44(60)65-43-41(63-36(56)15-10-26-8-11-27(52)12-9-26)40(30(53)25-61-43)64-42-39(59)38(58)37(57)31(24-51)62-42/h8-13,15,29-35,37-43,51-55,57-59H,14,16-25H2,1-7H3/b15-10+/t29-,30+,31+,32-,33+,34-,35+,37+,38-,39+,40+,41-,42-,43-,47-,48+,49+,50+/m0/s1. The van der Waals surface area contributed by atoms with Crippen molar-refractivity contribution in [2.24, 2.45) is 50.2 Å². The number of carbonyl (C=O) groups is 2. The van der Waals surface area contributed by atoms with Crippen LogP contribution in [-0.2, 0) is 33.3 Å². The minimum Gasteiger partial charge on any atom is -0.508 e. The van der Waals surface area contributed by atoms with Gasteiger partial charge in [-0.05, 0) is 126 Å². The topological polar surface area (TPSA) is 242 Å². The first-order valence-corrected chi connectivity index (χ1v) is 23.6. The number of aliphatic hydroxyl groups excluding tert-OH is 7. The van der Waals surface area contributed by atoms with E-state index in [0.717, 1.165) is 43.8 Å². The molecule has 362 valence electrons. The summed E-state index contributed by atoms with van der Waals surface area (Å²) in [5.41, 5.74) is -0.849. The maximum absolute atomic E-state index is 15.3. The lowest BCUT2D eigenvalue weighted by atomic mass is 9.33. The Hall–Kier alpha value is -2.96. The number of hydrogen-bond donors (Lipinski definition) is 8. The van der Waals surface area contributed by atoms with Gasteiger partial charge in [0, 0.05) is 6.08 Å². The highest BCUT2D eigenvalue weighted by molar-refractivity contribution is 5.87. The van der Waals surface area contributed by atoms with E-state index >= 15 is 4.79 Å². The number of fused-ring (bicyclic) bond motifs is 7. The molecule has 1 aromatic rings. The molecule has 6 fully saturated rings. The Morgan fingerprint density at radius 3 is 2.18 bits per heavy atom. The lowest BCUT2D eigenvalue weighted by Gasteiger charge is -2.71. The van der Waals surface area contributed by atoms with Crippen molar-refractivity contribution in [3.8, 4) is 5.75 Å². The Bertz CT molecular complexity index is 2000. The minimum absolute atomic E-state index is 0.0246. The lowest BCUT2D eigenvalue weighted by Crippen LogP contribution is -2.68. The zero-order valence-electron chi connectivity index (χ0n) is 38.8. The molecule has 18 atom stereocenters. The maximum Gasteiger partial charge on any atom is 0.331 e. The van der Waals surface area contributed by atoms with E-state index in [2.05, 4.69) is 54.5 Å². The van der Waals surface area contributed by atoms with Crippen LogP contribution in [0.25, 0.3) is 6.08 Å². The van der Waals surface area contributed by atoms with E-state index in [9.17, 15) is 45.6 Å². The molecule has 0 bridgehead atoms. The van der Waals surface area contributed by atoms with E-state index < -0.39 is 103 Å². The normalized spacial score (nSPS) is 46.7. The lowest BCUT2D eigenvalue weighted by molar-refractivity contribution is -0.347. The van der Waals surface area contributed by atoms with Crippen LogP contribution in [0.2, 0.25) is 0 Å². The Morgan fingerprint density at radius 2 is 1.49 bits per heavy atom. The zero-order valence-corrected chi connectivity index (χ0v) is 38.8. The smallest absolute Gasteiger partial charge is 0.331 e. The number of carbonyl (C=O) groups excluding carboxylic acids is 2. The van der Waals surface area contributed by atoms with Gasteiger partial charge in [0.2, 0.25) is 6.29 Å². The first-order chi connectivity index (χ1) is 30.4. The summed E-state index contributed by atoms with van der Waals surface area (Å²) in [4.78, 5) is 28.9. The number of hydrogen-bond acceptors (Lipinski definition) is 15. The average Bonchev–Trinajstić information content (AvgIpc) is 3.24. The third kappa shape index (κ3) is 7.91. The fraction of sp³-hybridized carbons (Fsp3) is 0.760. The van der Waals surface area contributed by atoms with Crippen LogP contribution in [0.4, 0.5) is 0 Å². The first-order valence-electron chi connectivity index (χ1n) is 23.6. The van der Waals surface area contributed by atoms with Crippen molar-refractivity contribution in [1.82, 2.24) is 0 Å². The molecule has 15 heteroatoms. The quantitative estimate of drug-likeness (QED) is 0.105. The van der Waals surface area contributed by atoms with E-state index in [1.165, 1.54) is 18.2 Å². The maximum atomic E-state index is 15.3. The number of rotatable bonds is 8. The molecule has 7 aliphatic rings. The molecule has 8 rings (SSSR count). The van der Waals surface area contributed by atoms with Crippen LogP contribution < -0.4 is 0 Å². The third-order valence-corrected chi connectivity index (χ3v) is 18.4. The van der Waals surface area contributed by atoms with Crippen molar-refractivity contribution in [2.75, 3.05) is 13.2 Å². The zero-order chi connectivity index (χ0) is 47.2. The number of phenolic OH excluding ortho intramolecular Hbond substituents is 1. The van der Waals surface area contributed by atoms with Gasteiger partial charge in [-0.1, -0.05) is 72.2 Å². The molecular weight excluding hydrogens is 841 g/mol. The fourth-order valence-corrected chi connectivity index (χ4v) is 14.3. The fourth-order valence-electron chi connectivity index (χ4n) is 14.3. The van der Waals surface area contributed by atoms with Crippen LogP contribution in [0.1, 0.15) is 112 Å². The Balaban J connectivity index is 1.12. The highest BCUT2D eigenvalue weighted by atomic mass is 16.8. The van der Waals surface area contributed by atoms with Crippen LogP contribution in [0.3, 0.4) is 0 Å². The number of benzene rings is 1. The molecule has 5 aliphatic carbocycles. The molecule has 2 saturated heterocycles. The highest BCUT2D eigenvalue weighted by Gasteiger charge is 2.72. The molecule has 0 amide bonds. The summed E-state index contributed by atoms with van der Waals surface area (Å²) >= 11 is 0. The van der Waals surface area contributed by atoms with Gasteiger partial charge in [-0.2, -0.15) is 0 Å². The number of phenols is 1. The predicted octanol–water partition coefficient (Wildman–Crippen LogP) is 3.90. The molecule has 8 N–H and O–H groups in total. The van der Waals surface area contributed by atoms with Gasteiger partial charge in [-0.3, -0.25) is 4.79 Å². The third-order valence-electron chi connectivity index (χ3n) is 18.4. The van der Waals surface area contributed by atoms with Crippen molar-refractivity contribution in [3.05, 3.63) is 47.6 Å². The van der Waals surface area contributed by atoms with Gasteiger partial charge in [-0.15, -0.1) is 0 Å². The van der Waals surface area contributed by atoms with Crippen LogP contribution >= 0.6 is 0 Å². The second kappa shape index (κ2) is 17.2. The summed E-state index contributed by atoms with van der Waals surface area (Å²) in [5, 5.41) is 86.8. The van der Waals surface area contributed by atoms with E-state index in [-0.39, 0.29) is 33.5 Å². The van der Waals surface area contributed by atoms with Crippen LogP contribution in [0, 0.1) is 50.2 Å². The van der Waals surface area contributed by atoms with Gasteiger partial charge < -0.3 is 64.5 Å². The number of aromatic hydroxyl groups is 1. The molecule has 0 unspecified atom stereocenters. The molecule has 1 aromatic carbocycles. The summed E-state index contributed by atoms with van der Waals surface area (Å²) in [6.45, 7) is 14.7. The van der Waals surface area contributed by atoms with Crippen molar-refractivity contribution < 1.29 is 74.1 Å². The van der Waals surface area contributed by atoms with Gasteiger partial charge in [0.1, 0.15) is 47.8 Å². The largest absolute Gasteiger partial charge is 0.508 e. The first kappa shape index (κ1) is 48.5. The summed E-state index contributed by atoms with van der Waals surface area (Å²) in [7, 11) is 0. The van der Waals surface area contributed by atoms with E-state index in [1.807, 2.05) is 0 Å². The van der Waals surface area contributed by atoms with Crippen molar-refractivity contribution in [2.45, 2.75) is 174 Å². The minimum atomic E-state index is -1.87.